The third-order valence-corrected chi connectivity index (χ3v) is 4.83. The molecule has 2 aromatic carbocycles. The molecule has 2 aromatic rings. The predicted molar refractivity (Wildman–Crippen MR) is 96.0 cm³/mol. The van der Waals surface area contributed by atoms with Crippen LogP contribution in [-0.4, -0.2) is 18.1 Å². The third kappa shape index (κ3) is 3.21. The van der Waals surface area contributed by atoms with E-state index in [2.05, 4.69) is 17.2 Å². The van der Waals surface area contributed by atoms with Gasteiger partial charge in [0, 0.05) is 16.2 Å². The van der Waals surface area contributed by atoms with Crippen molar-refractivity contribution in [3.63, 3.8) is 0 Å². The number of Topliss-reactive ketones (excluding diaryl/α,β-unsaturated/α-hetero) is 1. The van der Waals surface area contributed by atoms with Gasteiger partial charge >= 0.3 is 6.03 Å². The molecule has 2 atom stereocenters. The van der Waals surface area contributed by atoms with Crippen molar-refractivity contribution in [2.45, 2.75) is 10.9 Å². The second-order valence-corrected chi connectivity index (χ2v) is 6.46. The lowest BCUT2D eigenvalue weighted by atomic mass is 9.83. The fourth-order valence-electron chi connectivity index (χ4n) is 2.86. The van der Waals surface area contributed by atoms with Crippen LogP contribution in [0, 0.1) is 5.92 Å². The van der Waals surface area contributed by atoms with Gasteiger partial charge in [-0.3, -0.25) is 4.79 Å². The van der Waals surface area contributed by atoms with Crippen LogP contribution in [0.2, 0.25) is 0 Å². The van der Waals surface area contributed by atoms with Gasteiger partial charge in [0.25, 0.3) is 0 Å². The maximum absolute atomic E-state index is 13.0. The number of hydrogen-bond acceptors (Lipinski definition) is 3. The zero-order valence-electron chi connectivity index (χ0n) is 13.3. The molecule has 0 spiro atoms. The topological polar surface area (TPSA) is 58.2 Å². The average molecular weight is 338 g/mol. The maximum Gasteiger partial charge on any atom is 0.319 e. The molecule has 122 valence electrons. The molecule has 0 unspecified atom stereocenters. The van der Waals surface area contributed by atoms with Gasteiger partial charge in [-0.1, -0.05) is 49.0 Å². The minimum atomic E-state index is -0.551. The van der Waals surface area contributed by atoms with E-state index in [1.165, 1.54) is 0 Å². The molecule has 2 amide bonds. The number of amides is 2. The summed E-state index contributed by atoms with van der Waals surface area (Å²) in [6.07, 6.45) is 2.00. The number of nitrogens with one attached hydrogen (secondary N) is 2. The van der Waals surface area contributed by atoms with Gasteiger partial charge in [0.05, 0.1) is 12.0 Å². The standard InChI is InChI=1S/C19H18N2O2S/c1-12-16(18(22)14-6-4-3-5-7-14)17(21-19(23)20-12)13-8-10-15(24-2)11-9-13/h3-11,16-17H,1H2,2H3,(H2,20,21,23)/t16-,17-/m0/s1. The first-order valence-electron chi connectivity index (χ1n) is 7.59. The van der Waals surface area contributed by atoms with Gasteiger partial charge in [-0.25, -0.2) is 4.79 Å². The molecule has 0 aliphatic carbocycles. The fraction of sp³-hybridized carbons (Fsp3) is 0.158. The Morgan fingerprint density at radius 1 is 1.08 bits per heavy atom. The van der Waals surface area contributed by atoms with Crippen LogP contribution in [0.4, 0.5) is 4.79 Å². The SMILES string of the molecule is C=C1NC(=O)N[C@@H](c2ccc(SC)cc2)[C@H]1C(=O)c1ccccc1. The molecule has 1 heterocycles. The van der Waals surface area contributed by atoms with E-state index in [1.807, 2.05) is 48.7 Å². The van der Waals surface area contributed by atoms with Crippen LogP contribution < -0.4 is 10.6 Å². The van der Waals surface area contributed by atoms with Crippen molar-refractivity contribution in [3.05, 3.63) is 78.0 Å². The van der Waals surface area contributed by atoms with Crippen molar-refractivity contribution < 1.29 is 9.59 Å². The first-order valence-corrected chi connectivity index (χ1v) is 8.82. The highest BCUT2D eigenvalue weighted by Crippen LogP contribution is 2.32. The summed E-state index contributed by atoms with van der Waals surface area (Å²) >= 11 is 1.65. The van der Waals surface area contributed by atoms with Crippen LogP contribution in [0.15, 0.2) is 71.8 Å². The van der Waals surface area contributed by atoms with Gasteiger partial charge < -0.3 is 10.6 Å². The highest BCUT2D eigenvalue weighted by molar-refractivity contribution is 7.98. The summed E-state index contributed by atoms with van der Waals surface area (Å²) in [6.45, 7) is 3.91. The molecule has 24 heavy (non-hydrogen) atoms. The molecule has 1 aliphatic heterocycles. The summed E-state index contributed by atoms with van der Waals surface area (Å²) in [4.78, 5) is 26.0. The molecule has 0 bridgehead atoms. The number of carbonyl (C=O) groups is 2. The van der Waals surface area contributed by atoms with Crippen molar-refractivity contribution in [1.82, 2.24) is 10.6 Å². The number of rotatable bonds is 4. The first kappa shape index (κ1) is 16.3. The maximum atomic E-state index is 13.0. The van der Waals surface area contributed by atoms with E-state index >= 15 is 0 Å². The number of carbonyl (C=O) groups excluding carboxylic acids is 2. The smallest absolute Gasteiger partial charge is 0.319 e. The molecular formula is C19H18N2O2S. The minimum absolute atomic E-state index is 0.0629. The van der Waals surface area contributed by atoms with Gasteiger partial charge in [-0.2, -0.15) is 0 Å². The fourth-order valence-corrected chi connectivity index (χ4v) is 3.27. The van der Waals surface area contributed by atoms with Crippen LogP contribution in [0.1, 0.15) is 22.0 Å². The molecule has 5 heteroatoms. The number of benzene rings is 2. The van der Waals surface area contributed by atoms with E-state index in [4.69, 9.17) is 0 Å². The molecule has 0 radical (unpaired) electrons. The molecule has 4 nitrogen and oxygen atoms in total. The average Bonchev–Trinajstić information content (AvgIpc) is 2.61. The summed E-state index contributed by atoms with van der Waals surface area (Å²) in [7, 11) is 0. The van der Waals surface area contributed by atoms with Crippen LogP contribution in [-0.2, 0) is 0 Å². The Balaban J connectivity index is 1.97. The molecule has 1 saturated heterocycles. The zero-order chi connectivity index (χ0) is 17.1. The summed E-state index contributed by atoms with van der Waals surface area (Å²) in [5.41, 5.74) is 1.91. The normalized spacial score (nSPS) is 20.2. The summed E-state index contributed by atoms with van der Waals surface area (Å²) in [6, 6.07) is 16.2. The Kier molecular flexibility index (Phi) is 4.71. The predicted octanol–water partition coefficient (Wildman–Crippen LogP) is 3.78. The van der Waals surface area contributed by atoms with E-state index < -0.39 is 12.0 Å². The second-order valence-electron chi connectivity index (χ2n) is 5.58. The number of urea groups is 1. The lowest BCUT2D eigenvalue weighted by molar-refractivity contribution is 0.0905. The monoisotopic (exact) mass is 338 g/mol. The van der Waals surface area contributed by atoms with E-state index in [9.17, 15) is 9.59 Å². The number of ketones is 1. The van der Waals surface area contributed by atoms with E-state index in [1.54, 1.807) is 23.9 Å². The summed E-state index contributed by atoms with van der Waals surface area (Å²) in [5, 5.41) is 5.50. The molecule has 3 rings (SSSR count). The second kappa shape index (κ2) is 6.93. The van der Waals surface area contributed by atoms with Crippen molar-refractivity contribution in [3.8, 4) is 0 Å². The van der Waals surface area contributed by atoms with Crippen LogP contribution in [0.5, 0.6) is 0 Å². The van der Waals surface area contributed by atoms with Crippen LogP contribution in [0.25, 0.3) is 0 Å². The van der Waals surface area contributed by atoms with E-state index in [-0.39, 0.29) is 11.8 Å². The molecular weight excluding hydrogens is 320 g/mol. The van der Waals surface area contributed by atoms with E-state index in [0.29, 0.717) is 11.3 Å². The van der Waals surface area contributed by atoms with Gasteiger partial charge in [-0.05, 0) is 24.0 Å². The highest BCUT2D eigenvalue weighted by Gasteiger charge is 2.37. The Morgan fingerprint density at radius 2 is 1.75 bits per heavy atom. The molecule has 0 aromatic heterocycles. The highest BCUT2D eigenvalue weighted by atomic mass is 32.2. The Bertz CT molecular complexity index is 772. The molecule has 0 saturated carbocycles. The molecule has 1 aliphatic rings. The van der Waals surface area contributed by atoms with Gasteiger partial charge in [-0.15, -0.1) is 11.8 Å². The van der Waals surface area contributed by atoms with Crippen molar-refractivity contribution in [2.24, 2.45) is 5.92 Å². The molecule has 1 fully saturated rings. The van der Waals surface area contributed by atoms with E-state index in [0.717, 1.165) is 10.5 Å². The first-order chi connectivity index (χ1) is 11.6. The minimum Gasteiger partial charge on any atom is -0.330 e. The third-order valence-electron chi connectivity index (χ3n) is 4.09. The van der Waals surface area contributed by atoms with Gasteiger partial charge in [0.1, 0.15) is 0 Å². The number of hydrogen-bond donors (Lipinski definition) is 2. The van der Waals surface area contributed by atoms with Gasteiger partial charge in [0.15, 0.2) is 5.78 Å². The van der Waals surface area contributed by atoms with Crippen LogP contribution >= 0.6 is 11.8 Å². The Hall–Kier alpha value is -2.53. The zero-order valence-corrected chi connectivity index (χ0v) is 14.1. The van der Waals surface area contributed by atoms with Crippen molar-refractivity contribution in [1.29, 1.82) is 0 Å². The lowest BCUT2D eigenvalue weighted by Crippen LogP contribution is -2.50. The van der Waals surface area contributed by atoms with Gasteiger partial charge in [0.2, 0.25) is 0 Å². The van der Waals surface area contributed by atoms with Crippen LogP contribution in [0.3, 0.4) is 0 Å². The molecule has 2 N–H and O–H groups in total. The Morgan fingerprint density at radius 3 is 2.38 bits per heavy atom. The van der Waals surface area contributed by atoms with Crippen molar-refractivity contribution >= 4 is 23.6 Å². The summed E-state index contributed by atoms with van der Waals surface area (Å²) in [5.74, 6) is -0.614. The Labute approximate surface area is 145 Å². The quantitative estimate of drug-likeness (QED) is 0.659. The summed E-state index contributed by atoms with van der Waals surface area (Å²) < 4.78 is 0. The largest absolute Gasteiger partial charge is 0.330 e. The number of thioether (sulfide) groups is 1. The lowest BCUT2D eigenvalue weighted by Gasteiger charge is -2.34. The van der Waals surface area contributed by atoms with Crippen molar-refractivity contribution in [2.75, 3.05) is 6.26 Å².